The van der Waals surface area contributed by atoms with Crippen LogP contribution in [0.2, 0.25) is 5.02 Å². The van der Waals surface area contributed by atoms with Gasteiger partial charge in [-0.05, 0) is 30.3 Å². The first-order valence-electron chi connectivity index (χ1n) is 5.89. The van der Waals surface area contributed by atoms with E-state index in [1.807, 2.05) is 6.07 Å². The minimum absolute atomic E-state index is 0.0140. The zero-order valence-corrected chi connectivity index (χ0v) is 11.7. The van der Waals surface area contributed by atoms with Gasteiger partial charge in [0.25, 0.3) is 5.91 Å². The maximum atomic E-state index is 13.0. The molecule has 0 aliphatic rings. The van der Waals surface area contributed by atoms with Crippen molar-refractivity contribution in [1.82, 2.24) is 0 Å². The Balaban J connectivity index is 2.29. The fraction of sp³-hybridized carbons (Fsp3) is 0.0667. The average molecular weight is 305 g/mol. The molecule has 0 spiro atoms. The normalized spacial score (nSPS) is 9.81. The van der Waals surface area contributed by atoms with Crippen molar-refractivity contribution in [2.45, 2.75) is 0 Å². The van der Waals surface area contributed by atoms with Crippen LogP contribution < -0.4 is 10.1 Å². The maximum absolute atomic E-state index is 13.0. The molecule has 0 radical (unpaired) electrons. The van der Waals surface area contributed by atoms with E-state index in [0.29, 0.717) is 17.0 Å². The molecule has 0 aromatic heterocycles. The van der Waals surface area contributed by atoms with Crippen molar-refractivity contribution in [3.05, 3.63) is 58.4 Å². The minimum Gasteiger partial charge on any atom is -0.495 e. The molecule has 0 unspecified atom stereocenters. The molecule has 2 rings (SSSR count). The van der Waals surface area contributed by atoms with E-state index < -0.39 is 11.7 Å². The minimum atomic E-state index is -0.521. The van der Waals surface area contributed by atoms with Crippen LogP contribution in [0.1, 0.15) is 15.9 Å². The quantitative estimate of drug-likeness (QED) is 0.942. The van der Waals surface area contributed by atoms with Crippen molar-refractivity contribution in [1.29, 1.82) is 5.26 Å². The van der Waals surface area contributed by atoms with E-state index in [4.69, 9.17) is 21.6 Å². The van der Waals surface area contributed by atoms with Crippen LogP contribution in [0, 0.1) is 17.1 Å². The highest BCUT2D eigenvalue weighted by Gasteiger charge is 2.14. The summed E-state index contributed by atoms with van der Waals surface area (Å²) in [6.45, 7) is 0. The molecule has 2 aromatic carbocycles. The lowest BCUT2D eigenvalue weighted by molar-refractivity contribution is 0.102. The van der Waals surface area contributed by atoms with E-state index in [0.717, 1.165) is 12.1 Å². The number of carbonyl (C=O) groups is 1. The van der Waals surface area contributed by atoms with Gasteiger partial charge in [-0.25, -0.2) is 4.39 Å². The van der Waals surface area contributed by atoms with Gasteiger partial charge in [0.2, 0.25) is 0 Å². The topological polar surface area (TPSA) is 62.1 Å². The predicted molar refractivity (Wildman–Crippen MR) is 77.1 cm³/mol. The monoisotopic (exact) mass is 304 g/mol. The van der Waals surface area contributed by atoms with Crippen LogP contribution in [0.15, 0.2) is 36.4 Å². The van der Waals surface area contributed by atoms with Gasteiger partial charge in [0.1, 0.15) is 11.6 Å². The Morgan fingerprint density at radius 3 is 2.71 bits per heavy atom. The number of nitrogens with zero attached hydrogens (tertiary/aromatic N) is 1. The molecule has 0 saturated carbocycles. The summed E-state index contributed by atoms with van der Waals surface area (Å²) in [7, 11) is 1.43. The van der Waals surface area contributed by atoms with Crippen LogP contribution >= 0.6 is 11.6 Å². The number of nitrogens with one attached hydrogen (secondary N) is 1. The number of rotatable bonds is 3. The first-order chi connectivity index (χ1) is 10.0. The SMILES string of the molecule is COc1cc(C#N)ccc1NC(=O)c1ccc(F)cc1Cl. The highest BCUT2D eigenvalue weighted by atomic mass is 35.5. The van der Waals surface area contributed by atoms with E-state index in [9.17, 15) is 9.18 Å². The molecule has 0 aliphatic heterocycles. The Morgan fingerprint density at radius 1 is 1.33 bits per heavy atom. The number of hydrogen-bond donors (Lipinski definition) is 1. The Kier molecular flexibility index (Phi) is 4.41. The van der Waals surface area contributed by atoms with E-state index in [1.54, 1.807) is 12.1 Å². The average Bonchev–Trinajstić information content (AvgIpc) is 2.47. The Hall–Kier alpha value is -2.58. The summed E-state index contributed by atoms with van der Waals surface area (Å²) in [6, 6.07) is 10.1. The summed E-state index contributed by atoms with van der Waals surface area (Å²) in [5, 5.41) is 11.4. The highest BCUT2D eigenvalue weighted by Crippen LogP contribution is 2.27. The maximum Gasteiger partial charge on any atom is 0.257 e. The molecule has 106 valence electrons. The number of hydrogen-bond acceptors (Lipinski definition) is 3. The van der Waals surface area contributed by atoms with Crippen LogP contribution in [0.3, 0.4) is 0 Å². The number of nitriles is 1. The zero-order valence-electron chi connectivity index (χ0n) is 11.0. The van der Waals surface area contributed by atoms with Crippen molar-refractivity contribution in [3.63, 3.8) is 0 Å². The first kappa shape index (κ1) is 14.8. The van der Waals surface area contributed by atoms with E-state index in [1.165, 1.54) is 19.2 Å². The molecule has 1 N–H and O–H groups in total. The molecule has 0 heterocycles. The van der Waals surface area contributed by atoms with Crippen molar-refractivity contribution in [2.75, 3.05) is 12.4 Å². The van der Waals surface area contributed by atoms with E-state index in [-0.39, 0.29) is 10.6 Å². The third kappa shape index (κ3) is 3.30. The smallest absolute Gasteiger partial charge is 0.257 e. The third-order valence-corrected chi connectivity index (χ3v) is 3.07. The summed E-state index contributed by atoms with van der Waals surface area (Å²) in [4.78, 5) is 12.1. The van der Waals surface area contributed by atoms with Gasteiger partial charge in [-0.2, -0.15) is 5.26 Å². The zero-order chi connectivity index (χ0) is 15.4. The second kappa shape index (κ2) is 6.25. The summed E-state index contributed by atoms with van der Waals surface area (Å²) in [6.07, 6.45) is 0. The fourth-order valence-electron chi connectivity index (χ4n) is 1.73. The molecular formula is C15H10ClFN2O2. The number of anilines is 1. The van der Waals surface area contributed by atoms with Crippen molar-refractivity contribution in [2.24, 2.45) is 0 Å². The number of benzene rings is 2. The summed E-state index contributed by atoms with van der Waals surface area (Å²) in [5.74, 6) is -0.670. The standard InChI is InChI=1S/C15H10ClFN2O2/c1-21-14-6-9(8-18)2-5-13(14)19-15(20)11-4-3-10(17)7-12(11)16/h2-7H,1H3,(H,19,20). The molecule has 1 amide bonds. The summed E-state index contributed by atoms with van der Waals surface area (Å²) in [5.41, 5.74) is 0.941. The van der Waals surface area contributed by atoms with Gasteiger partial charge in [-0.3, -0.25) is 4.79 Å². The molecule has 2 aromatic rings. The molecular weight excluding hydrogens is 295 g/mol. The molecule has 4 nitrogen and oxygen atoms in total. The van der Waals surface area contributed by atoms with Gasteiger partial charge in [0, 0.05) is 6.07 Å². The van der Waals surface area contributed by atoms with Crippen molar-refractivity contribution >= 4 is 23.2 Å². The lowest BCUT2D eigenvalue weighted by atomic mass is 10.1. The predicted octanol–water partition coefficient (Wildman–Crippen LogP) is 3.61. The Morgan fingerprint density at radius 2 is 2.10 bits per heavy atom. The van der Waals surface area contributed by atoms with Gasteiger partial charge in [0.15, 0.2) is 0 Å². The number of amides is 1. The first-order valence-corrected chi connectivity index (χ1v) is 6.27. The van der Waals surface area contributed by atoms with Gasteiger partial charge >= 0.3 is 0 Å². The third-order valence-electron chi connectivity index (χ3n) is 2.75. The van der Waals surface area contributed by atoms with E-state index in [2.05, 4.69) is 5.32 Å². The molecule has 21 heavy (non-hydrogen) atoms. The van der Waals surface area contributed by atoms with Gasteiger partial charge in [-0.1, -0.05) is 11.6 Å². The number of methoxy groups -OCH3 is 1. The molecule has 0 aliphatic carbocycles. The van der Waals surface area contributed by atoms with Gasteiger partial charge in [0.05, 0.1) is 35.0 Å². The lowest BCUT2D eigenvalue weighted by Gasteiger charge is -2.11. The largest absolute Gasteiger partial charge is 0.495 e. The van der Waals surface area contributed by atoms with Gasteiger partial charge in [-0.15, -0.1) is 0 Å². The molecule has 6 heteroatoms. The second-order valence-corrected chi connectivity index (χ2v) is 4.51. The van der Waals surface area contributed by atoms with Crippen molar-refractivity contribution < 1.29 is 13.9 Å². The summed E-state index contributed by atoms with van der Waals surface area (Å²) >= 11 is 5.84. The molecule has 0 saturated heterocycles. The molecule has 0 atom stereocenters. The lowest BCUT2D eigenvalue weighted by Crippen LogP contribution is -2.13. The number of ether oxygens (including phenoxy) is 1. The van der Waals surface area contributed by atoms with Crippen LogP contribution in [0.4, 0.5) is 10.1 Å². The summed E-state index contributed by atoms with van der Waals surface area (Å²) < 4.78 is 18.1. The van der Waals surface area contributed by atoms with Crippen LogP contribution in [0.25, 0.3) is 0 Å². The molecule has 0 fully saturated rings. The van der Waals surface area contributed by atoms with Crippen molar-refractivity contribution in [3.8, 4) is 11.8 Å². The number of halogens is 2. The fourth-order valence-corrected chi connectivity index (χ4v) is 1.98. The van der Waals surface area contributed by atoms with Crippen LogP contribution in [-0.2, 0) is 0 Å². The molecule has 0 bridgehead atoms. The van der Waals surface area contributed by atoms with Gasteiger partial charge < -0.3 is 10.1 Å². The second-order valence-electron chi connectivity index (χ2n) is 4.11. The van der Waals surface area contributed by atoms with Crippen LogP contribution in [-0.4, -0.2) is 13.0 Å². The Labute approximate surface area is 125 Å². The highest BCUT2D eigenvalue weighted by molar-refractivity contribution is 6.34. The Bertz CT molecular complexity index is 741. The van der Waals surface area contributed by atoms with Crippen LogP contribution in [0.5, 0.6) is 5.75 Å². The number of carbonyl (C=O) groups excluding carboxylic acids is 1. The van der Waals surface area contributed by atoms with E-state index >= 15 is 0 Å².